The Labute approximate surface area is 229 Å². The normalized spacial score (nSPS) is 20.6. The molecule has 1 heterocycles. The zero-order valence-electron chi connectivity index (χ0n) is 22.4. The standard InChI is InChI=1S/C31H37NO3SeSi/c1-30(2,3)37(4,5)35-31(24-36-27-21-13-8-14-22-27)32(23-15-18-25-16-9-6-10-17-25)29(33)28(34-31)26-19-11-7-12-20-26/h6-22,28H,23-24H2,1-5H3/b18-15+/t28-,31-/m0/s1. The first kappa shape index (κ1) is 27.6. The Balaban J connectivity index is 1.73. The number of ether oxygens (including phenoxy) is 1. The van der Waals surface area contributed by atoms with E-state index in [0.29, 0.717) is 11.9 Å². The Hall–Kier alpha value is -2.47. The SMILES string of the molecule is CC(C)(C)[Si](C)(C)O[C@]1(C[Se]c2ccccc2)O[C@@H](c2ccccc2)C(=O)N1C/C=C/c1ccccc1. The molecule has 0 spiro atoms. The van der Waals surface area contributed by atoms with E-state index < -0.39 is 20.3 Å². The molecule has 0 bridgehead atoms. The number of benzene rings is 3. The van der Waals surface area contributed by atoms with Crippen molar-refractivity contribution in [2.45, 2.75) is 56.2 Å². The second-order valence-corrected chi connectivity index (χ2v) is 17.8. The molecule has 1 fully saturated rings. The molecule has 1 saturated heterocycles. The van der Waals surface area contributed by atoms with Gasteiger partial charge in [0.25, 0.3) is 0 Å². The Morgan fingerprint density at radius 2 is 1.51 bits per heavy atom. The summed E-state index contributed by atoms with van der Waals surface area (Å²) in [6, 6.07) is 30.4. The fraction of sp³-hybridized carbons (Fsp3) is 0.323. The summed E-state index contributed by atoms with van der Waals surface area (Å²) in [5, 5.41) is 0.577. The molecule has 2 atom stereocenters. The van der Waals surface area contributed by atoms with Crippen molar-refractivity contribution in [3.63, 3.8) is 0 Å². The van der Waals surface area contributed by atoms with Crippen LogP contribution in [-0.4, -0.2) is 46.5 Å². The van der Waals surface area contributed by atoms with E-state index in [-0.39, 0.29) is 25.9 Å². The first-order valence-electron chi connectivity index (χ1n) is 12.8. The second-order valence-electron chi connectivity index (χ2n) is 10.8. The van der Waals surface area contributed by atoms with Crippen LogP contribution in [0.1, 0.15) is 38.0 Å². The summed E-state index contributed by atoms with van der Waals surface area (Å²) >= 11 is 0.0525. The van der Waals surface area contributed by atoms with Gasteiger partial charge in [0.15, 0.2) is 0 Å². The van der Waals surface area contributed by atoms with Gasteiger partial charge in [0.2, 0.25) is 0 Å². The summed E-state index contributed by atoms with van der Waals surface area (Å²) in [6.45, 7) is 11.5. The Morgan fingerprint density at radius 3 is 2.11 bits per heavy atom. The summed E-state index contributed by atoms with van der Waals surface area (Å²) in [5.41, 5.74) is 1.96. The minimum atomic E-state index is -2.32. The van der Waals surface area contributed by atoms with Gasteiger partial charge in [-0.05, 0) is 0 Å². The third-order valence-corrected chi connectivity index (χ3v) is 13.9. The van der Waals surface area contributed by atoms with Crippen molar-refractivity contribution >= 4 is 39.7 Å². The number of amides is 1. The molecular weight excluding hydrogens is 541 g/mol. The van der Waals surface area contributed by atoms with E-state index in [1.54, 1.807) is 0 Å². The summed E-state index contributed by atoms with van der Waals surface area (Å²) in [4.78, 5) is 15.9. The van der Waals surface area contributed by atoms with Crippen LogP contribution >= 0.6 is 0 Å². The molecular formula is C31H37NO3SeSi. The fourth-order valence-electron chi connectivity index (χ4n) is 4.00. The number of hydrogen-bond acceptors (Lipinski definition) is 3. The van der Waals surface area contributed by atoms with Crippen molar-refractivity contribution in [2.75, 3.05) is 6.54 Å². The first-order valence-corrected chi connectivity index (χ1v) is 17.7. The molecule has 6 heteroatoms. The molecule has 0 unspecified atom stereocenters. The van der Waals surface area contributed by atoms with Crippen LogP contribution < -0.4 is 4.46 Å². The monoisotopic (exact) mass is 579 g/mol. The summed E-state index contributed by atoms with van der Waals surface area (Å²) in [5.74, 6) is -1.18. The first-order chi connectivity index (χ1) is 17.6. The van der Waals surface area contributed by atoms with Gasteiger partial charge in [-0.2, -0.15) is 0 Å². The summed E-state index contributed by atoms with van der Waals surface area (Å²) < 4.78 is 15.2. The molecule has 3 aromatic carbocycles. The Kier molecular flexibility index (Phi) is 8.57. The van der Waals surface area contributed by atoms with Crippen molar-refractivity contribution in [1.29, 1.82) is 0 Å². The Morgan fingerprint density at radius 1 is 0.946 bits per heavy atom. The molecule has 4 rings (SSSR count). The average Bonchev–Trinajstić information content (AvgIpc) is 3.15. The van der Waals surface area contributed by atoms with E-state index in [1.807, 2.05) is 65.6 Å². The van der Waals surface area contributed by atoms with Crippen LogP contribution in [-0.2, 0) is 14.0 Å². The van der Waals surface area contributed by atoms with E-state index in [1.165, 1.54) is 4.46 Å². The van der Waals surface area contributed by atoms with E-state index in [9.17, 15) is 4.79 Å². The number of rotatable bonds is 9. The summed E-state index contributed by atoms with van der Waals surface area (Å²) in [7, 11) is -2.32. The zero-order valence-corrected chi connectivity index (χ0v) is 25.1. The molecule has 1 aliphatic heterocycles. The van der Waals surface area contributed by atoms with Crippen LogP contribution in [0.25, 0.3) is 6.08 Å². The van der Waals surface area contributed by atoms with Crippen LogP contribution in [0.2, 0.25) is 23.5 Å². The molecule has 37 heavy (non-hydrogen) atoms. The van der Waals surface area contributed by atoms with Gasteiger partial charge in [0.05, 0.1) is 0 Å². The maximum atomic E-state index is 14.0. The quantitative estimate of drug-likeness (QED) is 0.275. The molecule has 1 amide bonds. The maximum absolute atomic E-state index is 14.0. The summed E-state index contributed by atoms with van der Waals surface area (Å²) in [6.07, 6.45) is 3.41. The predicted octanol–water partition coefficient (Wildman–Crippen LogP) is 6.42. The van der Waals surface area contributed by atoms with Crippen LogP contribution in [0.5, 0.6) is 0 Å². The third-order valence-electron chi connectivity index (χ3n) is 7.09. The van der Waals surface area contributed by atoms with Crippen LogP contribution in [0.4, 0.5) is 0 Å². The van der Waals surface area contributed by atoms with E-state index in [0.717, 1.165) is 11.1 Å². The van der Waals surface area contributed by atoms with E-state index in [2.05, 4.69) is 76.3 Å². The van der Waals surface area contributed by atoms with Gasteiger partial charge >= 0.3 is 230 Å². The van der Waals surface area contributed by atoms with Crippen molar-refractivity contribution in [3.8, 4) is 0 Å². The van der Waals surface area contributed by atoms with Gasteiger partial charge in [-0.15, -0.1) is 0 Å². The molecule has 0 radical (unpaired) electrons. The minimum absolute atomic E-state index is 0.0392. The third kappa shape index (κ3) is 6.51. The van der Waals surface area contributed by atoms with E-state index in [4.69, 9.17) is 9.16 Å². The number of nitrogens with zero attached hydrogens (tertiary/aromatic N) is 1. The topological polar surface area (TPSA) is 38.8 Å². The molecule has 0 aliphatic carbocycles. The van der Waals surface area contributed by atoms with Crippen molar-refractivity contribution in [3.05, 3.63) is 108 Å². The molecule has 1 aliphatic rings. The Bertz CT molecular complexity index is 1200. The molecule has 3 aromatic rings. The molecule has 4 nitrogen and oxygen atoms in total. The van der Waals surface area contributed by atoms with Gasteiger partial charge in [-0.1, -0.05) is 0 Å². The second kappa shape index (κ2) is 11.5. The number of carbonyl (C=O) groups is 1. The van der Waals surface area contributed by atoms with Gasteiger partial charge in [0.1, 0.15) is 0 Å². The zero-order chi connectivity index (χ0) is 26.5. The van der Waals surface area contributed by atoms with E-state index >= 15 is 0 Å². The van der Waals surface area contributed by atoms with Gasteiger partial charge in [-0.3, -0.25) is 0 Å². The molecule has 0 aromatic heterocycles. The van der Waals surface area contributed by atoms with Gasteiger partial charge < -0.3 is 0 Å². The van der Waals surface area contributed by atoms with Crippen molar-refractivity contribution in [2.24, 2.45) is 0 Å². The predicted molar refractivity (Wildman–Crippen MR) is 155 cm³/mol. The number of carbonyl (C=O) groups excluding carboxylic acids is 1. The van der Waals surface area contributed by atoms with Crippen molar-refractivity contribution in [1.82, 2.24) is 4.90 Å². The number of hydrogen-bond donors (Lipinski definition) is 0. The van der Waals surface area contributed by atoms with Crippen LogP contribution in [0.3, 0.4) is 0 Å². The van der Waals surface area contributed by atoms with Crippen LogP contribution in [0.15, 0.2) is 97.1 Å². The molecule has 0 saturated carbocycles. The van der Waals surface area contributed by atoms with Crippen LogP contribution in [0, 0.1) is 0 Å². The van der Waals surface area contributed by atoms with Gasteiger partial charge in [0, 0.05) is 0 Å². The fourth-order valence-corrected chi connectivity index (χ4v) is 7.62. The van der Waals surface area contributed by atoms with Crippen molar-refractivity contribution < 1.29 is 14.0 Å². The average molecular weight is 579 g/mol. The molecule has 194 valence electrons. The van der Waals surface area contributed by atoms with Gasteiger partial charge in [-0.25, -0.2) is 0 Å². The molecule has 0 N–H and O–H groups in total.